The Kier molecular flexibility index (Phi) is 3.73. The fraction of sp³-hybridized carbons (Fsp3) is 0.214. The maximum Gasteiger partial charge on any atom is 0.119 e. The summed E-state index contributed by atoms with van der Waals surface area (Å²) in [4.78, 5) is 4.29. The standard InChI is InChI=1S/C14H16N2O/c1-11(15)10-17-13-7-5-12(6-8-13)14-4-2-3-9-16-14/h2-9,11H,10,15H2,1H3. The number of benzene rings is 1. The second-order valence-corrected chi connectivity index (χ2v) is 4.03. The molecule has 0 bridgehead atoms. The van der Waals surface area contributed by atoms with E-state index in [1.54, 1.807) is 6.20 Å². The Hall–Kier alpha value is -1.87. The van der Waals surface area contributed by atoms with E-state index in [9.17, 15) is 0 Å². The molecule has 3 nitrogen and oxygen atoms in total. The van der Waals surface area contributed by atoms with Crippen LogP contribution in [0.1, 0.15) is 6.92 Å². The van der Waals surface area contributed by atoms with Gasteiger partial charge >= 0.3 is 0 Å². The van der Waals surface area contributed by atoms with E-state index in [4.69, 9.17) is 10.5 Å². The number of pyridine rings is 1. The molecule has 2 rings (SSSR count). The third-order valence-electron chi connectivity index (χ3n) is 2.33. The van der Waals surface area contributed by atoms with E-state index in [1.807, 2.05) is 49.4 Å². The Bertz CT molecular complexity index is 451. The van der Waals surface area contributed by atoms with Crippen molar-refractivity contribution in [3.05, 3.63) is 48.7 Å². The van der Waals surface area contributed by atoms with Gasteiger partial charge in [-0.15, -0.1) is 0 Å². The number of aromatic nitrogens is 1. The van der Waals surface area contributed by atoms with Crippen LogP contribution in [0.2, 0.25) is 0 Å². The van der Waals surface area contributed by atoms with Crippen LogP contribution in [-0.2, 0) is 0 Å². The Morgan fingerprint density at radius 2 is 1.94 bits per heavy atom. The molecule has 2 aromatic rings. The van der Waals surface area contributed by atoms with E-state index in [1.165, 1.54) is 0 Å². The first-order chi connectivity index (χ1) is 8.25. The van der Waals surface area contributed by atoms with E-state index in [0.29, 0.717) is 6.61 Å². The van der Waals surface area contributed by atoms with Crippen LogP contribution >= 0.6 is 0 Å². The number of hydrogen-bond acceptors (Lipinski definition) is 3. The molecular formula is C14H16N2O. The highest BCUT2D eigenvalue weighted by Crippen LogP contribution is 2.20. The van der Waals surface area contributed by atoms with Crippen molar-refractivity contribution in [3.63, 3.8) is 0 Å². The third kappa shape index (κ3) is 3.29. The molecule has 1 heterocycles. The normalized spacial score (nSPS) is 12.1. The van der Waals surface area contributed by atoms with Gasteiger partial charge in [0.25, 0.3) is 0 Å². The third-order valence-corrected chi connectivity index (χ3v) is 2.33. The molecule has 0 saturated carbocycles. The van der Waals surface area contributed by atoms with Crippen molar-refractivity contribution >= 4 is 0 Å². The monoisotopic (exact) mass is 228 g/mol. The van der Waals surface area contributed by atoms with Gasteiger partial charge in [0.2, 0.25) is 0 Å². The minimum atomic E-state index is 0.0467. The lowest BCUT2D eigenvalue weighted by molar-refractivity contribution is 0.296. The highest BCUT2D eigenvalue weighted by Gasteiger charge is 2.00. The maximum absolute atomic E-state index is 5.63. The summed E-state index contributed by atoms with van der Waals surface area (Å²) in [6.07, 6.45) is 1.79. The van der Waals surface area contributed by atoms with Gasteiger partial charge in [-0.3, -0.25) is 4.98 Å². The molecule has 1 unspecified atom stereocenters. The maximum atomic E-state index is 5.63. The number of nitrogens with two attached hydrogens (primary N) is 1. The summed E-state index contributed by atoms with van der Waals surface area (Å²) in [5.41, 5.74) is 7.67. The molecule has 0 radical (unpaired) electrons. The molecule has 0 aliphatic heterocycles. The SMILES string of the molecule is CC(N)COc1ccc(-c2ccccn2)cc1. The van der Waals surface area contributed by atoms with Gasteiger partial charge in [-0.25, -0.2) is 0 Å². The largest absolute Gasteiger partial charge is 0.492 e. The van der Waals surface area contributed by atoms with Crippen LogP contribution in [0.5, 0.6) is 5.75 Å². The molecule has 1 atom stereocenters. The number of hydrogen-bond donors (Lipinski definition) is 1. The van der Waals surface area contributed by atoms with Crippen LogP contribution in [0.4, 0.5) is 0 Å². The molecule has 17 heavy (non-hydrogen) atoms. The molecular weight excluding hydrogens is 212 g/mol. The van der Waals surface area contributed by atoms with E-state index >= 15 is 0 Å². The van der Waals surface area contributed by atoms with Gasteiger partial charge in [0.1, 0.15) is 12.4 Å². The molecule has 3 heteroatoms. The summed E-state index contributed by atoms with van der Waals surface area (Å²) in [7, 11) is 0. The first kappa shape index (κ1) is 11.6. The highest BCUT2D eigenvalue weighted by atomic mass is 16.5. The van der Waals surface area contributed by atoms with Crippen molar-refractivity contribution in [3.8, 4) is 17.0 Å². The average molecular weight is 228 g/mol. The Balaban J connectivity index is 2.08. The lowest BCUT2D eigenvalue weighted by Gasteiger charge is -2.09. The Morgan fingerprint density at radius 1 is 1.18 bits per heavy atom. The van der Waals surface area contributed by atoms with E-state index in [0.717, 1.165) is 17.0 Å². The highest BCUT2D eigenvalue weighted by molar-refractivity contribution is 5.59. The minimum absolute atomic E-state index is 0.0467. The first-order valence-corrected chi connectivity index (χ1v) is 5.65. The summed E-state index contributed by atoms with van der Waals surface area (Å²) in [5, 5.41) is 0. The molecule has 0 spiro atoms. The first-order valence-electron chi connectivity index (χ1n) is 5.65. The smallest absolute Gasteiger partial charge is 0.119 e. The van der Waals surface area contributed by atoms with Crippen LogP contribution < -0.4 is 10.5 Å². The van der Waals surface area contributed by atoms with Crippen molar-refractivity contribution in [1.82, 2.24) is 4.98 Å². The fourth-order valence-electron chi connectivity index (χ4n) is 1.48. The summed E-state index contributed by atoms with van der Waals surface area (Å²) in [5.74, 6) is 0.835. The van der Waals surface area contributed by atoms with Gasteiger partial charge in [0.05, 0.1) is 5.69 Å². The van der Waals surface area contributed by atoms with Crippen LogP contribution in [0.3, 0.4) is 0 Å². The van der Waals surface area contributed by atoms with Crippen molar-refractivity contribution < 1.29 is 4.74 Å². The molecule has 88 valence electrons. The van der Waals surface area contributed by atoms with Gasteiger partial charge in [-0.2, -0.15) is 0 Å². The lowest BCUT2D eigenvalue weighted by Crippen LogP contribution is -2.23. The van der Waals surface area contributed by atoms with Gasteiger partial charge in [0.15, 0.2) is 0 Å². The predicted octanol–water partition coefficient (Wildman–Crippen LogP) is 2.47. The zero-order valence-corrected chi connectivity index (χ0v) is 9.84. The van der Waals surface area contributed by atoms with Crippen molar-refractivity contribution in [2.75, 3.05) is 6.61 Å². The molecule has 0 aliphatic carbocycles. The van der Waals surface area contributed by atoms with Crippen LogP contribution in [0.15, 0.2) is 48.7 Å². The summed E-state index contributed by atoms with van der Waals surface area (Å²) in [6.45, 7) is 2.45. The Labute approximate surface area is 101 Å². The predicted molar refractivity (Wildman–Crippen MR) is 68.8 cm³/mol. The van der Waals surface area contributed by atoms with Gasteiger partial charge < -0.3 is 10.5 Å². The second kappa shape index (κ2) is 5.46. The van der Waals surface area contributed by atoms with Crippen molar-refractivity contribution in [1.29, 1.82) is 0 Å². The fourth-order valence-corrected chi connectivity index (χ4v) is 1.48. The summed E-state index contributed by atoms with van der Waals surface area (Å²) in [6, 6.07) is 13.8. The quantitative estimate of drug-likeness (QED) is 0.874. The van der Waals surface area contributed by atoms with E-state index < -0.39 is 0 Å². The molecule has 2 N–H and O–H groups in total. The lowest BCUT2D eigenvalue weighted by atomic mass is 10.1. The van der Waals surface area contributed by atoms with Crippen molar-refractivity contribution in [2.24, 2.45) is 5.73 Å². The second-order valence-electron chi connectivity index (χ2n) is 4.03. The van der Waals surface area contributed by atoms with Gasteiger partial charge in [0, 0.05) is 17.8 Å². The van der Waals surface area contributed by atoms with Crippen LogP contribution in [0, 0.1) is 0 Å². The number of ether oxygens (including phenoxy) is 1. The summed E-state index contributed by atoms with van der Waals surface area (Å²) >= 11 is 0. The zero-order chi connectivity index (χ0) is 12.1. The molecule has 0 fully saturated rings. The number of rotatable bonds is 4. The van der Waals surface area contributed by atoms with E-state index in [-0.39, 0.29) is 6.04 Å². The minimum Gasteiger partial charge on any atom is -0.492 e. The number of nitrogens with zero attached hydrogens (tertiary/aromatic N) is 1. The zero-order valence-electron chi connectivity index (χ0n) is 9.84. The molecule has 0 amide bonds. The van der Waals surface area contributed by atoms with E-state index in [2.05, 4.69) is 4.98 Å². The average Bonchev–Trinajstić information content (AvgIpc) is 2.38. The van der Waals surface area contributed by atoms with Gasteiger partial charge in [-0.1, -0.05) is 6.07 Å². The molecule has 0 aliphatic rings. The van der Waals surface area contributed by atoms with Crippen LogP contribution in [0.25, 0.3) is 11.3 Å². The van der Waals surface area contributed by atoms with Crippen molar-refractivity contribution in [2.45, 2.75) is 13.0 Å². The molecule has 1 aromatic heterocycles. The summed E-state index contributed by atoms with van der Waals surface area (Å²) < 4.78 is 5.51. The van der Waals surface area contributed by atoms with Crippen LogP contribution in [-0.4, -0.2) is 17.6 Å². The molecule has 0 saturated heterocycles. The van der Waals surface area contributed by atoms with Gasteiger partial charge in [-0.05, 0) is 43.3 Å². The Morgan fingerprint density at radius 3 is 2.53 bits per heavy atom. The molecule has 1 aromatic carbocycles. The topological polar surface area (TPSA) is 48.1 Å².